The first-order valence-corrected chi connectivity index (χ1v) is 12.3. The number of hydrogen-bond acceptors (Lipinski definition) is 7. The van der Waals surface area contributed by atoms with Gasteiger partial charge in [0.1, 0.15) is 17.3 Å². The molecule has 0 spiro atoms. The van der Waals surface area contributed by atoms with E-state index < -0.39 is 17.7 Å². The van der Waals surface area contributed by atoms with Gasteiger partial charge in [0.2, 0.25) is 0 Å². The smallest absolute Gasteiger partial charge is 0.300 e. The highest BCUT2D eigenvalue weighted by Gasteiger charge is 2.47. The number of rotatable bonds is 9. The summed E-state index contributed by atoms with van der Waals surface area (Å²) < 4.78 is 21.9. The van der Waals surface area contributed by atoms with Gasteiger partial charge in [-0.3, -0.25) is 14.5 Å². The summed E-state index contributed by atoms with van der Waals surface area (Å²) in [5.74, 6) is -0.125. The van der Waals surface area contributed by atoms with E-state index in [1.165, 1.54) is 26.2 Å². The fourth-order valence-electron chi connectivity index (χ4n) is 4.58. The largest absolute Gasteiger partial charge is 0.507 e. The molecule has 1 aliphatic rings. The molecule has 0 radical (unpaired) electrons. The lowest BCUT2D eigenvalue weighted by molar-refractivity contribution is -0.132. The van der Waals surface area contributed by atoms with Crippen molar-refractivity contribution in [3.63, 3.8) is 0 Å². The van der Waals surface area contributed by atoms with Crippen molar-refractivity contribution in [3.8, 4) is 23.0 Å². The van der Waals surface area contributed by atoms with Crippen molar-refractivity contribution >= 4 is 23.1 Å². The molecule has 8 heteroatoms. The second-order valence-electron chi connectivity index (χ2n) is 8.60. The number of aryl methyl sites for hydroxylation is 1. The first kappa shape index (κ1) is 26.6. The van der Waals surface area contributed by atoms with E-state index in [9.17, 15) is 14.7 Å². The number of benzene rings is 3. The first-order chi connectivity index (χ1) is 18.4. The van der Waals surface area contributed by atoms with Crippen LogP contribution >= 0.6 is 0 Å². The first-order valence-electron chi connectivity index (χ1n) is 12.3. The lowest BCUT2D eigenvalue weighted by Gasteiger charge is -2.26. The van der Waals surface area contributed by atoms with Gasteiger partial charge in [0, 0.05) is 11.8 Å². The van der Waals surface area contributed by atoms with E-state index in [2.05, 4.69) is 0 Å². The van der Waals surface area contributed by atoms with Crippen molar-refractivity contribution in [3.05, 3.63) is 82.9 Å². The summed E-state index contributed by atoms with van der Waals surface area (Å²) in [5, 5.41) is 11.5. The van der Waals surface area contributed by atoms with Crippen LogP contribution in [0.25, 0.3) is 5.76 Å². The number of ether oxygens (including phenoxy) is 4. The van der Waals surface area contributed by atoms with Crippen LogP contribution < -0.4 is 23.8 Å². The second-order valence-corrected chi connectivity index (χ2v) is 8.60. The van der Waals surface area contributed by atoms with Crippen LogP contribution in [0.3, 0.4) is 0 Å². The zero-order chi connectivity index (χ0) is 27.4. The minimum atomic E-state index is -0.931. The van der Waals surface area contributed by atoms with Crippen LogP contribution in [0.15, 0.2) is 66.2 Å². The maximum atomic E-state index is 13.5. The molecule has 1 N–H and O–H groups in total. The third kappa shape index (κ3) is 4.77. The molecule has 1 aliphatic heterocycles. The van der Waals surface area contributed by atoms with E-state index in [4.69, 9.17) is 18.9 Å². The highest BCUT2D eigenvalue weighted by atomic mass is 16.5. The summed E-state index contributed by atoms with van der Waals surface area (Å²) in [6.07, 6.45) is 0.829. The van der Waals surface area contributed by atoms with Crippen LogP contribution in [0, 0.1) is 0 Å². The van der Waals surface area contributed by atoms with E-state index in [-0.39, 0.29) is 16.9 Å². The molecule has 198 valence electrons. The molecule has 1 unspecified atom stereocenters. The monoisotopic (exact) mass is 517 g/mol. The number of nitrogens with zero attached hydrogens (tertiary/aromatic N) is 1. The molecule has 1 atom stereocenters. The Hall–Kier alpha value is -4.46. The van der Waals surface area contributed by atoms with Crippen molar-refractivity contribution in [2.75, 3.05) is 32.8 Å². The Bertz CT molecular complexity index is 1380. The zero-order valence-corrected chi connectivity index (χ0v) is 22.1. The predicted molar refractivity (Wildman–Crippen MR) is 144 cm³/mol. The molecular weight excluding hydrogens is 486 g/mol. The molecule has 1 saturated heterocycles. The minimum Gasteiger partial charge on any atom is -0.507 e. The third-order valence-electron chi connectivity index (χ3n) is 6.53. The van der Waals surface area contributed by atoms with E-state index in [0.29, 0.717) is 40.9 Å². The van der Waals surface area contributed by atoms with Crippen LogP contribution in [0.5, 0.6) is 23.0 Å². The topological polar surface area (TPSA) is 94.5 Å². The van der Waals surface area contributed by atoms with E-state index in [0.717, 1.165) is 12.0 Å². The number of ketones is 1. The number of amides is 1. The maximum absolute atomic E-state index is 13.5. The SMILES string of the molecule is CCOc1cc(C2/C(=C(\O)c3ccc(OC)cc3OC)C(=O)C(=O)N2c2ccc(CC)cc2)ccc1OC. The molecule has 0 aromatic heterocycles. The summed E-state index contributed by atoms with van der Waals surface area (Å²) in [4.78, 5) is 28.4. The number of Topliss-reactive ketones (excluding diaryl/α,β-unsaturated/α-hetero) is 1. The van der Waals surface area contributed by atoms with E-state index in [1.807, 2.05) is 26.0 Å². The number of hydrogen-bond donors (Lipinski definition) is 1. The minimum absolute atomic E-state index is 0.0642. The zero-order valence-electron chi connectivity index (χ0n) is 22.1. The van der Waals surface area contributed by atoms with Crippen molar-refractivity contribution in [2.45, 2.75) is 26.3 Å². The van der Waals surface area contributed by atoms with Crippen molar-refractivity contribution in [1.29, 1.82) is 0 Å². The van der Waals surface area contributed by atoms with Gasteiger partial charge in [0.05, 0.1) is 45.1 Å². The van der Waals surface area contributed by atoms with Gasteiger partial charge in [-0.25, -0.2) is 0 Å². The Kier molecular flexibility index (Phi) is 7.90. The fraction of sp³-hybridized carbons (Fsp3) is 0.267. The van der Waals surface area contributed by atoms with E-state index in [1.54, 1.807) is 48.5 Å². The Morgan fingerprint density at radius 2 is 1.55 bits per heavy atom. The lowest BCUT2D eigenvalue weighted by Crippen LogP contribution is -2.29. The average Bonchev–Trinajstić information content (AvgIpc) is 3.22. The van der Waals surface area contributed by atoms with Gasteiger partial charge in [-0.15, -0.1) is 0 Å². The number of aliphatic hydroxyl groups is 1. The fourth-order valence-corrected chi connectivity index (χ4v) is 4.58. The highest BCUT2D eigenvalue weighted by Crippen LogP contribution is 2.45. The van der Waals surface area contributed by atoms with Gasteiger partial charge in [-0.2, -0.15) is 0 Å². The van der Waals surface area contributed by atoms with Crippen molar-refractivity contribution in [2.24, 2.45) is 0 Å². The van der Waals surface area contributed by atoms with Crippen LogP contribution in [0.2, 0.25) is 0 Å². The van der Waals surface area contributed by atoms with Crippen molar-refractivity contribution in [1.82, 2.24) is 0 Å². The molecule has 0 bridgehead atoms. The van der Waals surface area contributed by atoms with Gasteiger partial charge in [0.15, 0.2) is 11.5 Å². The van der Waals surface area contributed by atoms with E-state index >= 15 is 0 Å². The molecule has 3 aromatic rings. The second kappa shape index (κ2) is 11.3. The van der Waals surface area contributed by atoms with Gasteiger partial charge in [-0.05, 0) is 60.9 Å². The molecule has 1 amide bonds. The number of carbonyl (C=O) groups is 2. The molecule has 1 heterocycles. The molecule has 0 saturated carbocycles. The maximum Gasteiger partial charge on any atom is 0.300 e. The highest BCUT2D eigenvalue weighted by molar-refractivity contribution is 6.51. The lowest BCUT2D eigenvalue weighted by atomic mass is 9.94. The van der Waals surface area contributed by atoms with Gasteiger partial charge in [0.25, 0.3) is 11.7 Å². The average molecular weight is 518 g/mol. The summed E-state index contributed by atoms with van der Waals surface area (Å²) >= 11 is 0. The Morgan fingerprint density at radius 3 is 2.16 bits per heavy atom. The predicted octanol–water partition coefficient (Wildman–Crippen LogP) is 5.30. The van der Waals surface area contributed by atoms with Crippen LogP contribution in [0.4, 0.5) is 5.69 Å². The number of carbonyl (C=O) groups excluding carboxylic acids is 2. The molecule has 1 fully saturated rings. The molecule has 4 rings (SSSR count). The summed E-state index contributed by atoms with van der Waals surface area (Å²) in [5.41, 5.74) is 2.39. The van der Waals surface area contributed by atoms with Crippen molar-refractivity contribution < 1.29 is 33.6 Å². The van der Waals surface area contributed by atoms with Crippen LogP contribution in [-0.4, -0.2) is 44.7 Å². The summed E-state index contributed by atoms with van der Waals surface area (Å²) in [6, 6.07) is 16.5. The third-order valence-corrected chi connectivity index (χ3v) is 6.53. The normalized spacial score (nSPS) is 16.4. The molecule has 38 heavy (non-hydrogen) atoms. The number of aliphatic hydroxyl groups excluding tert-OH is 1. The number of methoxy groups -OCH3 is 3. The summed E-state index contributed by atoms with van der Waals surface area (Å²) in [6.45, 7) is 4.28. The quantitative estimate of drug-likeness (QED) is 0.234. The standard InChI is InChI=1S/C30H31NO7/c1-6-18-8-11-20(12-9-18)31-27(19-10-15-23(36-4)25(16-19)38-7-2)26(29(33)30(31)34)28(32)22-14-13-21(35-3)17-24(22)37-5/h8-17,27,32H,6-7H2,1-5H3/b28-26+. The Morgan fingerprint density at radius 1 is 0.842 bits per heavy atom. The summed E-state index contributed by atoms with van der Waals surface area (Å²) in [7, 11) is 4.51. The molecular formula is C30H31NO7. The Balaban J connectivity index is 1.97. The van der Waals surface area contributed by atoms with Gasteiger partial charge in [-0.1, -0.05) is 25.1 Å². The van der Waals surface area contributed by atoms with Gasteiger partial charge < -0.3 is 24.1 Å². The Labute approximate surface area is 222 Å². The van der Waals surface area contributed by atoms with Gasteiger partial charge >= 0.3 is 0 Å². The van der Waals surface area contributed by atoms with Crippen LogP contribution in [-0.2, 0) is 16.0 Å². The molecule has 3 aromatic carbocycles. The number of anilines is 1. The molecule has 8 nitrogen and oxygen atoms in total. The molecule has 0 aliphatic carbocycles. The van der Waals surface area contributed by atoms with Crippen LogP contribution in [0.1, 0.15) is 36.6 Å².